The Balaban J connectivity index is 0.00000229. The monoisotopic (exact) mass is 628 g/mol. The molecule has 0 fully saturated rings. The van der Waals surface area contributed by atoms with Crippen LogP contribution in [-0.4, -0.2) is 9.55 Å². The minimum atomic E-state index is -0.0367. The molecule has 2 nitrogen and oxygen atoms in total. The van der Waals surface area contributed by atoms with E-state index in [1.54, 1.807) is 0 Å². The van der Waals surface area contributed by atoms with Gasteiger partial charge >= 0.3 is 0 Å². The van der Waals surface area contributed by atoms with Crippen molar-refractivity contribution in [2.45, 2.75) is 19.3 Å². The number of benzene rings is 4. The van der Waals surface area contributed by atoms with E-state index in [0.717, 1.165) is 16.9 Å². The van der Waals surface area contributed by atoms with E-state index in [1.165, 1.54) is 44.1 Å². The zero-order valence-electron chi connectivity index (χ0n) is 19.5. The minimum Gasteiger partial charge on any atom is -0.327 e. The van der Waals surface area contributed by atoms with Crippen LogP contribution in [-0.2, 0) is 25.5 Å². The Kier molecular flexibility index (Phi) is 5.03. The summed E-state index contributed by atoms with van der Waals surface area (Å²) in [5.41, 5.74) is 11.0. The molecule has 0 spiro atoms. The van der Waals surface area contributed by atoms with Gasteiger partial charge in [0.05, 0.1) is 11.0 Å². The van der Waals surface area contributed by atoms with Crippen molar-refractivity contribution in [1.29, 1.82) is 0 Å². The summed E-state index contributed by atoms with van der Waals surface area (Å²) >= 11 is 0. The molecule has 1 aliphatic carbocycles. The molecule has 7 rings (SSSR count). The van der Waals surface area contributed by atoms with E-state index in [-0.39, 0.29) is 25.5 Å². The summed E-state index contributed by atoms with van der Waals surface area (Å²) in [6.45, 7) is 4.68. The molecule has 171 valence electrons. The molecule has 0 atom stereocenters. The normalized spacial score (nSPS) is 13.4. The van der Waals surface area contributed by atoms with E-state index < -0.39 is 0 Å². The SMILES string of the molecule is CC1(C)c2ccccc2-c2cc3c4ccccc4n(-c4cc[c-]c(-c5ccccn5)c4)c3cc21.[Ir]. The number of rotatable bonds is 2. The van der Waals surface area contributed by atoms with Crippen molar-refractivity contribution < 1.29 is 20.1 Å². The third-order valence-corrected chi connectivity index (χ3v) is 7.36. The van der Waals surface area contributed by atoms with E-state index >= 15 is 0 Å². The molecule has 0 saturated carbocycles. The summed E-state index contributed by atoms with van der Waals surface area (Å²) in [7, 11) is 0. The van der Waals surface area contributed by atoms with E-state index in [0.29, 0.717) is 0 Å². The van der Waals surface area contributed by atoms with Crippen LogP contribution in [0.2, 0.25) is 0 Å². The predicted octanol–water partition coefficient (Wildman–Crippen LogP) is 7.95. The average Bonchev–Trinajstić information content (AvgIpc) is 3.33. The smallest absolute Gasteiger partial charge is 0.0527 e. The van der Waals surface area contributed by atoms with Gasteiger partial charge in [0, 0.05) is 42.5 Å². The molecular formula is C32H23IrN2-. The van der Waals surface area contributed by atoms with E-state index in [2.05, 4.69) is 102 Å². The van der Waals surface area contributed by atoms with Crippen LogP contribution in [0.3, 0.4) is 0 Å². The first-order valence-corrected chi connectivity index (χ1v) is 11.7. The number of hydrogen-bond donors (Lipinski definition) is 0. The number of para-hydroxylation sites is 1. The minimum absolute atomic E-state index is 0. The zero-order chi connectivity index (χ0) is 22.9. The van der Waals surface area contributed by atoms with Gasteiger partial charge in [0.15, 0.2) is 0 Å². The van der Waals surface area contributed by atoms with Crippen molar-refractivity contribution in [3.05, 3.63) is 120 Å². The maximum absolute atomic E-state index is 4.54. The van der Waals surface area contributed by atoms with Gasteiger partial charge in [-0.3, -0.25) is 0 Å². The van der Waals surface area contributed by atoms with Gasteiger partial charge in [-0.2, -0.15) is 0 Å². The van der Waals surface area contributed by atoms with Gasteiger partial charge < -0.3 is 9.55 Å². The summed E-state index contributed by atoms with van der Waals surface area (Å²) in [5, 5.41) is 2.56. The van der Waals surface area contributed by atoms with Crippen LogP contribution < -0.4 is 0 Å². The van der Waals surface area contributed by atoms with Crippen LogP contribution in [0.4, 0.5) is 0 Å². The van der Waals surface area contributed by atoms with Gasteiger partial charge in [-0.15, -0.1) is 29.8 Å². The van der Waals surface area contributed by atoms with Crippen molar-refractivity contribution in [2.24, 2.45) is 0 Å². The van der Waals surface area contributed by atoms with Crippen molar-refractivity contribution in [2.75, 3.05) is 0 Å². The van der Waals surface area contributed by atoms with E-state index in [1.807, 2.05) is 30.5 Å². The number of aromatic nitrogens is 2. The second kappa shape index (κ2) is 8.02. The Morgan fingerprint density at radius 1 is 0.714 bits per heavy atom. The van der Waals surface area contributed by atoms with Gasteiger partial charge in [0.25, 0.3) is 0 Å². The van der Waals surface area contributed by atoms with Crippen LogP contribution in [0.1, 0.15) is 25.0 Å². The molecule has 0 saturated heterocycles. The van der Waals surface area contributed by atoms with Crippen LogP contribution in [0.25, 0.3) is 49.9 Å². The number of pyridine rings is 1. The van der Waals surface area contributed by atoms with Crippen molar-refractivity contribution in [1.82, 2.24) is 9.55 Å². The topological polar surface area (TPSA) is 17.8 Å². The quantitative estimate of drug-likeness (QED) is 0.178. The summed E-state index contributed by atoms with van der Waals surface area (Å²) in [6.07, 6.45) is 1.83. The van der Waals surface area contributed by atoms with Crippen molar-refractivity contribution >= 4 is 21.8 Å². The summed E-state index contributed by atoms with van der Waals surface area (Å²) in [4.78, 5) is 4.54. The average molecular weight is 628 g/mol. The molecule has 0 unspecified atom stereocenters. The van der Waals surface area contributed by atoms with Gasteiger partial charge in [-0.05, 0) is 57.9 Å². The molecule has 0 bridgehead atoms. The number of nitrogens with zero attached hydrogens (tertiary/aromatic N) is 2. The molecule has 1 aliphatic rings. The maximum Gasteiger partial charge on any atom is 0.0527 e. The van der Waals surface area contributed by atoms with Crippen LogP contribution in [0, 0.1) is 6.07 Å². The molecule has 2 aromatic heterocycles. The van der Waals surface area contributed by atoms with Gasteiger partial charge in [0.2, 0.25) is 0 Å². The van der Waals surface area contributed by atoms with Crippen molar-refractivity contribution in [3.8, 4) is 28.1 Å². The first-order valence-electron chi connectivity index (χ1n) is 11.7. The fourth-order valence-corrected chi connectivity index (χ4v) is 5.70. The Morgan fingerprint density at radius 3 is 2.37 bits per heavy atom. The van der Waals surface area contributed by atoms with Crippen LogP contribution >= 0.6 is 0 Å². The second-order valence-electron chi connectivity index (χ2n) is 9.61. The Labute approximate surface area is 218 Å². The first-order chi connectivity index (χ1) is 16.6. The molecule has 35 heavy (non-hydrogen) atoms. The molecule has 0 N–H and O–H groups in total. The van der Waals surface area contributed by atoms with E-state index in [4.69, 9.17) is 0 Å². The molecule has 0 aliphatic heterocycles. The third-order valence-electron chi connectivity index (χ3n) is 7.36. The fourth-order valence-electron chi connectivity index (χ4n) is 5.70. The van der Waals surface area contributed by atoms with Crippen LogP contribution in [0.15, 0.2) is 103 Å². The first kappa shape index (κ1) is 22.0. The Bertz CT molecular complexity index is 1730. The molecule has 4 aromatic carbocycles. The Morgan fingerprint density at radius 2 is 1.51 bits per heavy atom. The van der Waals surface area contributed by atoms with E-state index in [9.17, 15) is 0 Å². The van der Waals surface area contributed by atoms with Gasteiger partial charge in [-0.1, -0.05) is 68.4 Å². The fraction of sp³-hybridized carbons (Fsp3) is 0.0938. The summed E-state index contributed by atoms with van der Waals surface area (Å²) < 4.78 is 2.39. The zero-order valence-corrected chi connectivity index (χ0v) is 21.9. The Hall–Kier alpha value is -3.52. The maximum atomic E-state index is 4.54. The molecular weight excluding hydrogens is 605 g/mol. The standard InChI is InChI=1S/C32H23N2.Ir/c1-32(2)27-14-5-3-12-23(27)25-19-26-24-13-4-6-16-30(24)34(31(26)20-28(25)32)22-11-9-10-21(18-22)29-15-7-8-17-33-29;/h3-9,11-20H,1-2H3;/q-1;. The molecule has 3 heteroatoms. The largest absolute Gasteiger partial charge is 0.327 e. The second-order valence-corrected chi connectivity index (χ2v) is 9.61. The number of fused-ring (bicyclic) bond motifs is 6. The predicted molar refractivity (Wildman–Crippen MR) is 140 cm³/mol. The molecule has 2 heterocycles. The van der Waals surface area contributed by atoms with Gasteiger partial charge in [0.1, 0.15) is 0 Å². The summed E-state index contributed by atoms with van der Waals surface area (Å²) in [6, 6.07) is 38.1. The van der Waals surface area contributed by atoms with Gasteiger partial charge in [-0.25, -0.2) is 0 Å². The molecule has 1 radical (unpaired) electrons. The van der Waals surface area contributed by atoms with Crippen LogP contribution in [0.5, 0.6) is 0 Å². The molecule has 6 aromatic rings. The summed E-state index contributed by atoms with van der Waals surface area (Å²) in [5.74, 6) is 0. The third kappa shape index (κ3) is 3.16. The molecule has 0 amide bonds. The number of hydrogen-bond acceptors (Lipinski definition) is 1. The van der Waals surface area contributed by atoms with Crippen molar-refractivity contribution in [3.63, 3.8) is 0 Å².